The van der Waals surface area contributed by atoms with Gasteiger partial charge in [-0.15, -0.1) is 0 Å². The zero-order chi connectivity index (χ0) is 16.0. The molecule has 1 aromatic carbocycles. The highest BCUT2D eigenvalue weighted by atomic mass is 16.2. The van der Waals surface area contributed by atoms with E-state index in [9.17, 15) is 9.59 Å². The Bertz CT molecular complexity index is 745. The van der Waals surface area contributed by atoms with Crippen LogP contribution >= 0.6 is 0 Å². The number of imide groups is 1. The number of urea groups is 1. The number of carbonyl (C=O) groups excluding carboxylic acids is 2. The maximum absolute atomic E-state index is 12.3. The highest BCUT2D eigenvalue weighted by molar-refractivity contribution is 6.20. The van der Waals surface area contributed by atoms with E-state index in [4.69, 9.17) is 0 Å². The minimum Gasteiger partial charge on any atom is -0.315 e. The number of likely N-dealkylation sites (N-methyl/N-ethyl adjacent to an activating group) is 1. The smallest absolute Gasteiger partial charge is 0.315 e. The first-order chi connectivity index (χ1) is 10.4. The molecular weight excluding hydrogens is 280 g/mol. The van der Waals surface area contributed by atoms with Gasteiger partial charge in [-0.2, -0.15) is 5.10 Å². The van der Waals surface area contributed by atoms with Crippen molar-refractivity contribution < 1.29 is 9.59 Å². The summed E-state index contributed by atoms with van der Waals surface area (Å²) in [5, 5.41) is 4.46. The van der Waals surface area contributed by atoms with E-state index in [0.29, 0.717) is 5.82 Å². The molecule has 3 amide bonds. The zero-order valence-electron chi connectivity index (χ0n) is 13.1. The molecule has 1 fully saturated rings. The number of aromatic nitrogens is 2. The van der Waals surface area contributed by atoms with Crippen LogP contribution in [-0.4, -0.2) is 39.7 Å². The summed E-state index contributed by atoms with van der Waals surface area (Å²) >= 11 is 0. The molecule has 0 bridgehead atoms. The second kappa shape index (κ2) is 4.98. The molecule has 2 aromatic rings. The Balaban J connectivity index is 2.06. The molecule has 1 aromatic heterocycles. The Hall–Kier alpha value is -2.63. The van der Waals surface area contributed by atoms with Gasteiger partial charge in [0.25, 0.3) is 5.91 Å². The molecule has 1 saturated heterocycles. The lowest BCUT2D eigenvalue weighted by Gasteiger charge is -2.13. The molecule has 22 heavy (non-hydrogen) atoms. The molecule has 1 aliphatic heterocycles. The molecule has 0 aliphatic carbocycles. The van der Waals surface area contributed by atoms with Crippen molar-refractivity contribution in [1.29, 1.82) is 0 Å². The first-order valence-electron chi connectivity index (χ1n) is 7.12. The predicted molar refractivity (Wildman–Crippen MR) is 83.5 cm³/mol. The third-order valence-corrected chi connectivity index (χ3v) is 4.16. The van der Waals surface area contributed by atoms with E-state index in [1.165, 1.54) is 9.80 Å². The van der Waals surface area contributed by atoms with E-state index in [0.717, 1.165) is 16.8 Å². The van der Waals surface area contributed by atoms with Gasteiger partial charge >= 0.3 is 6.03 Å². The van der Waals surface area contributed by atoms with Crippen molar-refractivity contribution in [3.63, 3.8) is 0 Å². The van der Waals surface area contributed by atoms with E-state index in [1.54, 1.807) is 31.8 Å². The van der Waals surface area contributed by atoms with Crippen molar-refractivity contribution in [2.45, 2.75) is 19.9 Å². The lowest BCUT2D eigenvalue weighted by molar-refractivity contribution is -0.119. The topological polar surface area (TPSA) is 58.4 Å². The Morgan fingerprint density at radius 1 is 1.14 bits per heavy atom. The van der Waals surface area contributed by atoms with Gasteiger partial charge in [0, 0.05) is 25.7 Å². The van der Waals surface area contributed by atoms with Crippen LogP contribution in [0, 0.1) is 6.92 Å². The van der Waals surface area contributed by atoms with Crippen LogP contribution < -0.4 is 4.90 Å². The monoisotopic (exact) mass is 298 g/mol. The van der Waals surface area contributed by atoms with Gasteiger partial charge in [0.05, 0.1) is 5.69 Å². The maximum Gasteiger partial charge on any atom is 0.333 e. The molecule has 1 unspecified atom stereocenters. The molecule has 1 aliphatic rings. The molecule has 1 atom stereocenters. The van der Waals surface area contributed by atoms with Crippen LogP contribution in [0.5, 0.6) is 0 Å². The Labute approximate surface area is 128 Å². The fraction of sp³-hybridized carbons (Fsp3) is 0.312. The van der Waals surface area contributed by atoms with Gasteiger partial charge in [0.15, 0.2) is 0 Å². The molecule has 0 spiro atoms. The number of anilines is 1. The fourth-order valence-electron chi connectivity index (χ4n) is 2.64. The molecule has 3 rings (SSSR count). The maximum atomic E-state index is 12.3. The molecule has 2 heterocycles. The summed E-state index contributed by atoms with van der Waals surface area (Å²) in [6, 6.07) is 8.89. The molecule has 0 saturated carbocycles. The van der Waals surface area contributed by atoms with Gasteiger partial charge in [-0.3, -0.25) is 9.48 Å². The minimum atomic E-state index is -0.454. The summed E-state index contributed by atoms with van der Waals surface area (Å²) in [6.45, 7) is 3.73. The summed E-state index contributed by atoms with van der Waals surface area (Å²) in [4.78, 5) is 27.2. The Kier molecular flexibility index (Phi) is 3.24. The molecule has 0 radical (unpaired) electrons. The van der Waals surface area contributed by atoms with Crippen LogP contribution in [0.25, 0.3) is 11.3 Å². The van der Waals surface area contributed by atoms with Gasteiger partial charge in [0.2, 0.25) is 0 Å². The summed E-state index contributed by atoms with van der Waals surface area (Å²) in [7, 11) is 3.37. The fourth-order valence-corrected chi connectivity index (χ4v) is 2.64. The van der Waals surface area contributed by atoms with Crippen molar-refractivity contribution in [3.05, 3.63) is 35.9 Å². The minimum absolute atomic E-state index is 0.230. The lowest BCUT2D eigenvalue weighted by atomic mass is 10.1. The normalized spacial score (nSPS) is 18.5. The summed E-state index contributed by atoms with van der Waals surface area (Å²) in [6.07, 6.45) is 0. The summed E-state index contributed by atoms with van der Waals surface area (Å²) < 4.78 is 1.57. The van der Waals surface area contributed by atoms with Crippen LogP contribution in [0.1, 0.15) is 12.5 Å². The molecule has 0 N–H and O–H groups in total. The summed E-state index contributed by atoms with van der Waals surface area (Å²) in [5.74, 6) is 0.260. The van der Waals surface area contributed by atoms with Crippen molar-refractivity contribution in [3.8, 4) is 11.3 Å². The van der Waals surface area contributed by atoms with Gasteiger partial charge in [-0.1, -0.05) is 24.3 Å². The third kappa shape index (κ3) is 1.99. The van der Waals surface area contributed by atoms with E-state index < -0.39 is 6.04 Å². The van der Waals surface area contributed by atoms with Gasteiger partial charge < -0.3 is 4.90 Å². The second-order valence-corrected chi connectivity index (χ2v) is 5.57. The van der Waals surface area contributed by atoms with Gasteiger partial charge in [-0.25, -0.2) is 9.69 Å². The standard InChI is InChI=1S/C16H18N4O2/c1-10-7-5-6-8-12(10)13-9-14(19(4)17-13)20-15(21)11(2)18(3)16(20)22/h5-9,11H,1-4H3. The van der Waals surface area contributed by atoms with Crippen LogP contribution in [0.2, 0.25) is 0 Å². The lowest BCUT2D eigenvalue weighted by Crippen LogP contribution is -2.32. The van der Waals surface area contributed by atoms with Gasteiger partial charge in [-0.05, 0) is 19.4 Å². The van der Waals surface area contributed by atoms with Crippen LogP contribution in [0.4, 0.5) is 10.6 Å². The number of aryl methyl sites for hydroxylation is 2. The molecule has 6 nitrogen and oxygen atoms in total. The van der Waals surface area contributed by atoms with Crippen molar-refractivity contribution in [1.82, 2.24) is 14.7 Å². The summed E-state index contributed by atoms with van der Waals surface area (Å²) in [5.41, 5.74) is 2.83. The van der Waals surface area contributed by atoms with Crippen LogP contribution in [0.3, 0.4) is 0 Å². The number of benzene rings is 1. The Morgan fingerprint density at radius 3 is 2.41 bits per heavy atom. The van der Waals surface area contributed by atoms with Crippen molar-refractivity contribution in [2.24, 2.45) is 7.05 Å². The quantitative estimate of drug-likeness (QED) is 0.799. The average Bonchev–Trinajstić information content (AvgIpc) is 2.95. The number of carbonyl (C=O) groups is 2. The van der Waals surface area contributed by atoms with E-state index >= 15 is 0 Å². The van der Waals surface area contributed by atoms with Crippen LogP contribution in [-0.2, 0) is 11.8 Å². The number of nitrogens with zero attached hydrogens (tertiary/aromatic N) is 4. The zero-order valence-corrected chi connectivity index (χ0v) is 13.1. The molecular formula is C16H18N4O2. The molecule has 114 valence electrons. The van der Waals surface area contributed by atoms with E-state index in [1.807, 2.05) is 31.2 Å². The molecule has 6 heteroatoms. The number of amides is 3. The second-order valence-electron chi connectivity index (χ2n) is 5.57. The van der Waals surface area contributed by atoms with Crippen LogP contribution in [0.15, 0.2) is 30.3 Å². The first kappa shape index (κ1) is 14.3. The van der Waals surface area contributed by atoms with E-state index in [-0.39, 0.29) is 11.9 Å². The number of hydrogen-bond acceptors (Lipinski definition) is 3. The average molecular weight is 298 g/mol. The SMILES string of the molecule is Cc1ccccc1-c1cc(N2C(=O)C(C)N(C)C2=O)n(C)n1. The largest absolute Gasteiger partial charge is 0.333 e. The highest BCUT2D eigenvalue weighted by Gasteiger charge is 2.42. The predicted octanol–water partition coefficient (Wildman–Crippen LogP) is 2.18. The first-order valence-corrected chi connectivity index (χ1v) is 7.12. The van der Waals surface area contributed by atoms with Crippen molar-refractivity contribution >= 4 is 17.8 Å². The van der Waals surface area contributed by atoms with Gasteiger partial charge in [0.1, 0.15) is 11.9 Å². The van der Waals surface area contributed by atoms with E-state index in [2.05, 4.69) is 5.10 Å². The number of hydrogen-bond donors (Lipinski definition) is 0. The third-order valence-electron chi connectivity index (χ3n) is 4.16. The Morgan fingerprint density at radius 2 is 1.82 bits per heavy atom. The number of rotatable bonds is 2. The highest BCUT2D eigenvalue weighted by Crippen LogP contribution is 2.29. The van der Waals surface area contributed by atoms with Crippen molar-refractivity contribution in [2.75, 3.05) is 11.9 Å².